The Morgan fingerprint density at radius 2 is 1.57 bits per heavy atom. The molecule has 1 aliphatic carbocycles. The van der Waals surface area contributed by atoms with Crippen molar-refractivity contribution in [3.63, 3.8) is 0 Å². The molecule has 1 aromatic rings. The summed E-state index contributed by atoms with van der Waals surface area (Å²) in [5.74, 6) is -2.81. The first kappa shape index (κ1) is 21.5. The molecule has 1 N–H and O–H groups in total. The summed E-state index contributed by atoms with van der Waals surface area (Å²) in [4.78, 5) is 55.5. The van der Waals surface area contributed by atoms with E-state index in [1.54, 1.807) is 32.9 Å². The summed E-state index contributed by atoms with van der Waals surface area (Å²) >= 11 is 0. The zero-order chi connectivity index (χ0) is 21.9. The molecule has 8 heteroatoms. The second-order valence-corrected chi connectivity index (χ2v) is 8.35. The third-order valence-corrected chi connectivity index (χ3v) is 4.88. The monoisotopic (exact) mass is 414 g/mol. The maximum Gasteiger partial charge on any atom is 0.407 e. The average Bonchev–Trinajstić information content (AvgIpc) is 2.88. The Labute approximate surface area is 175 Å². The number of carbonyl (C=O) groups excluding carboxylic acids is 4. The van der Waals surface area contributed by atoms with E-state index in [1.807, 2.05) is 12.2 Å². The molecule has 0 fully saturated rings. The molecule has 0 aromatic heterocycles. The lowest BCUT2D eigenvalue weighted by Gasteiger charge is -2.29. The fourth-order valence-corrected chi connectivity index (χ4v) is 3.51. The lowest BCUT2D eigenvalue weighted by molar-refractivity contribution is -0.175. The van der Waals surface area contributed by atoms with Crippen LogP contribution >= 0.6 is 0 Å². The van der Waals surface area contributed by atoms with Crippen LogP contribution in [-0.4, -0.2) is 40.6 Å². The molecule has 3 amide bonds. The number of hydrogen-bond acceptors (Lipinski definition) is 6. The first-order valence-electron chi connectivity index (χ1n) is 10.0. The number of nitrogens with one attached hydrogen (secondary N) is 1. The Hall–Kier alpha value is -3.16. The molecular weight excluding hydrogens is 388 g/mol. The molecule has 1 heterocycles. The Morgan fingerprint density at radius 1 is 1.00 bits per heavy atom. The van der Waals surface area contributed by atoms with Crippen LogP contribution in [0.3, 0.4) is 0 Å². The van der Waals surface area contributed by atoms with Gasteiger partial charge in [-0.15, -0.1) is 0 Å². The van der Waals surface area contributed by atoms with Crippen LogP contribution in [0, 0.1) is 5.92 Å². The summed E-state index contributed by atoms with van der Waals surface area (Å²) in [7, 11) is 0. The van der Waals surface area contributed by atoms with Gasteiger partial charge in [0.15, 0.2) is 0 Å². The minimum Gasteiger partial charge on any atom is -0.444 e. The van der Waals surface area contributed by atoms with Crippen LogP contribution < -0.4 is 5.32 Å². The molecule has 0 saturated carbocycles. The van der Waals surface area contributed by atoms with Crippen molar-refractivity contribution < 1.29 is 28.8 Å². The molecule has 0 spiro atoms. The van der Waals surface area contributed by atoms with Crippen LogP contribution in [0.15, 0.2) is 36.4 Å². The van der Waals surface area contributed by atoms with Crippen molar-refractivity contribution in [1.29, 1.82) is 0 Å². The van der Waals surface area contributed by atoms with E-state index in [1.165, 1.54) is 12.1 Å². The van der Waals surface area contributed by atoms with Gasteiger partial charge in [-0.05, 0) is 58.6 Å². The summed E-state index contributed by atoms with van der Waals surface area (Å²) in [5, 5.41) is 3.26. The van der Waals surface area contributed by atoms with Crippen LogP contribution in [0.25, 0.3) is 0 Å². The largest absolute Gasteiger partial charge is 0.444 e. The van der Waals surface area contributed by atoms with E-state index in [2.05, 4.69) is 5.32 Å². The highest BCUT2D eigenvalue weighted by molar-refractivity contribution is 6.20. The first-order chi connectivity index (χ1) is 14.2. The lowest BCUT2D eigenvalue weighted by Crippen LogP contribution is -2.47. The summed E-state index contributed by atoms with van der Waals surface area (Å²) < 4.78 is 5.31. The molecule has 0 bridgehead atoms. The number of alkyl carbamates (subject to hydrolysis) is 1. The van der Waals surface area contributed by atoms with E-state index < -0.39 is 41.4 Å². The fourth-order valence-electron chi connectivity index (χ4n) is 3.51. The van der Waals surface area contributed by atoms with Crippen molar-refractivity contribution in [2.24, 2.45) is 5.92 Å². The van der Waals surface area contributed by atoms with Crippen LogP contribution in [0.1, 0.15) is 67.2 Å². The lowest BCUT2D eigenvalue weighted by atomic mass is 9.89. The van der Waals surface area contributed by atoms with Gasteiger partial charge in [0.1, 0.15) is 5.60 Å². The molecule has 0 saturated heterocycles. The van der Waals surface area contributed by atoms with Crippen molar-refractivity contribution in [1.82, 2.24) is 10.4 Å². The van der Waals surface area contributed by atoms with Gasteiger partial charge >= 0.3 is 12.1 Å². The van der Waals surface area contributed by atoms with Crippen molar-refractivity contribution in [3.8, 4) is 0 Å². The molecule has 160 valence electrons. The Bertz CT molecular complexity index is 851. The Morgan fingerprint density at radius 3 is 2.13 bits per heavy atom. The third-order valence-electron chi connectivity index (χ3n) is 4.88. The fraction of sp³-hybridized carbons (Fsp3) is 0.455. The van der Waals surface area contributed by atoms with E-state index in [9.17, 15) is 19.2 Å². The number of hydroxylamine groups is 2. The predicted molar refractivity (Wildman–Crippen MR) is 107 cm³/mol. The van der Waals surface area contributed by atoms with E-state index in [-0.39, 0.29) is 11.1 Å². The van der Waals surface area contributed by atoms with Crippen LogP contribution in [0.5, 0.6) is 0 Å². The standard InChI is InChI=1S/C22H26N2O6/c1-22(2,3)29-21(28)23-17-13-7-5-4-6-12-16(17)20(27)30-24-18(25)14-10-8-9-11-15(14)19(24)26/h4-5,8-11,16-17H,6-7,12-13H2,1-3H3,(H,23,28)/b5-4-/t16-,17+/m0/s1. The number of carbonyl (C=O) groups is 4. The van der Waals surface area contributed by atoms with Crippen LogP contribution in [0.2, 0.25) is 0 Å². The maximum atomic E-state index is 13.0. The van der Waals surface area contributed by atoms with Gasteiger partial charge in [0.05, 0.1) is 17.0 Å². The summed E-state index contributed by atoms with van der Waals surface area (Å²) in [6, 6.07) is 5.75. The number of hydrogen-bond donors (Lipinski definition) is 1. The molecule has 1 aliphatic heterocycles. The highest BCUT2D eigenvalue weighted by atomic mass is 16.7. The molecule has 0 unspecified atom stereocenters. The second kappa shape index (κ2) is 8.69. The molecule has 1 aromatic carbocycles. The molecule has 8 nitrogen and oxygen atoms in total. The number of allylic oxidation sites excluding steroid dienone is 2. The van der Waals surface area contributed by atoms with E-state index >= 15 is 0 Å². The van der Waals surface area contributed by atoms with Gasteiger partial charge in [-0.3, -0.25) is 9.59 Å². The van der Waals surface area contributed by atoms with Gasteiger partial charge in [0.25, 0.3) is 11.8 Å². The molecule has 2 atom stereocenters. The minimum atomic E-state index is -0.735. The molecule has 3 rings (SSSR count). The van der Waals surface area contributed by atoms with Gasteiger partial charge in [-0.1, -0.05) is 29.3 Å². The Kier molecular flexibility index (Phi) is 6.24. The number of fused-ring (bicyclic) bond motifs is 1. The van der Waals surface area contributed by atoms with Gasteiger partial charge < -0.3 is 14.9 Å². The van der Waals surface area contributed by atoms with Crippen molar-refractivity contribution in [2.75, 3.05) is 0 Å². The third kappa shape index (κ3) is 4.87. The predicted octanol–water partition coefficient (Wildman–Crippen LogP) is 3.38. The summed E-state index contributed by atoms with van der Waals surface area (Å²) in [5.41, 5.74) is -0.291. The highest BCUT2D eigenvalue weighted by Gasteiger charge is 2.41. The zero-order valence-corrected chi connectivity index (χ0v) is 17.3. The SMILES string of the molecule is CC(C)(C)OC(=O)N[C@@H]1CC/C=C\CC[C@@H]1C(=O)ON1C(=O)c2ccccc2C1=O. The van der Waals surface area contributed by atoms with Crippen molar-refractivity contribution in [2.45, 2.75) is 58.1 Å². The van der Waals surface area contributed by atoms with Crippen molar-refractivity contribution >= 4 is 23.9 Å². The highest BCUT2D eigenvalue weighted by Crippen LogP contribution is 2.26. The van der Waals surface area contributed by atoms with Crippen molar-refractivity contribution in [3.05, 3.63) is 47.5 Å². The minimum absolute atomic E-state index is 0.194. The van der Waals surface area contributed by atoms with Crippen LogP contribution in [0.4, 0.5) is 4.79 Å². The topological polar surface area (TPSA) is 102 Å². The normalized spacial score (nSPS) is 22.6. The number of imide groups is 1. The number of rotatable bonds is 3. The van der Waals surface area contributed by atoms with Gasteiger partial charge in [0.2, 0.25) is 0 Å². The van der Waals surface area contributed by atoms with E-state index in [0.29, 0.717) is 30.7 Å². The number of ether oxygens (including phenoxy) is 1. The van der Waals surface area contributed by atoms with E-state index in [0.717, 1.165) is 0 Å². The quantitative estimate of drug-likeness (QED) is 0.601. The number of benzene rings is 1. The van der Waals surface area contributed by atoms with Gasteiger partial charge in [-0.2, -0.15) is 0 Å². The molecule has 30 heavy (non-hydrogen) atoms. The molecule has 2 aliphatic rings. The molecule has 0 radical (unpaired) electrons. The first-order valence-corrected chi connectivity index (χ1v) is 10.0. The maximum absolute atomic E-state index is 13.0. The van der Waals surface area contributed by atoms with E-state index in [4.69, 9.17) is 9.57 Å². The summed E-state index contributed by atoms with van der Waals surface area (Å²) in [6.07, 6.45) is 5.50. The molecular formula is C22H26N2O6. The second-order valence-electron chi connectivity index (χ2n) is 8.35. The van der Waals surface area contributed by atoms with Gasteiger partial charge in [-0.25, -0.2) is 9.59 Å². The number of amides is 3. The smallest absolute Gasteiger partial charge is 0.407 e. The average molecular weight is 414 g/mol. The number of nitrogens with zero attached hydrogens (tertiary/aromatic N) is 1. The Balaban J connectivity index is 1.74. The zero-order valence-electron chi connectivity index (χ0n) is 17.3. The van der Waals surface area contributed by atoms with Crippen LogP contribution in [-0.2, 0) is 14.4 Å². The summed E-state index contributed by atoms with van der Waals surface area (Å²) in [6.45, 7) is 5.25. The van der Waals surface area contributed by atoms with Gasteiger partial charge in [0, 0.05) is 6.04 Å².